The van der Waals surface area contributed by atoms with Crippen molar-refractivity contribution in [2.75, 3.05) is 32.8 Å². The van der Waals surface area contributed by atoms with E-state index in [1.807, 2.05) is 20.8 Å². The van der Waals surface area contributed by atoms with E-state index < -0.39 is 59.9 Å². The fourth-order valence-electron chi connectivity index (χ4n) is 4.97. The highest BCUT2D eigenvalue weighted by molar-refractivity contribution is 5.91. The number of methoxy groups -OCH3 is 3. The van der Waals surface area contributed by atoms with Gasteiger partial charge in [-0.05, 0) is 55.0 Å². The maximum atomic E-state index is 13.6. The van der Waals surface area contributed by atoms with Gasteiger partial charge in [-0.25, -0.2) is 9.59 Å². The van der Waals surface area contributed by atoms with Crippen LogP contribution in [-0.4, -0.2) is 51.1 Å². The number of rotatable bonds is 7. The molecule has 1 heterocycles. The number of halogens is 6. The van der Waals surface area contributed by atoms with E-state index in [9.17, 15) is 35.9 Å². The van der Waals surface area contributed by atoms with Crippen molar-refractivity contribution in [2.24, 2.45) is 5.41 Å². The van der Waals surface area contributed by atoms with Gasteiger partial charge in [0.25, 0.3) is 0 Å². The SMILES string of the molecule is COC(=O)N(Cc1cc(C(F)(F)F)cc(C(F)(F)F)c1)C1CC(C)N(C(=O)OCCC(C)(C)C)c2cc(OC)c(OC)cc21. The van der Waals surface area contributed by atoms with Crippen molar-refractivity contribution in [1.29, 1.82) is 0 Å². The zero-order valence-corrected chi connectivity index (χ0v) is 25.5. The zero-order chi connectivity index (χ0) is 33.2. The van der Waals surface area contributed by atoms with Gasteiger partial charge in [0, 0.05) is 24.2 Å². The van der Waals surface area contributed by atoms with Gasteiger partial charge in [-0.2, -0.15) is 26.3 Å². The minimum atomic E-state index is -5.07. The topological polar surface area (TPSA) is 77.5 Å². The van der Waals surface area contributed by atoms with Crippen LogP contribution in [0.2, 0.25) is 0 Å². The van der Waals surface area contributed by atoms with Gasteiger partial charge in [0.1, 0.15) is 0 Å². The van der Waals surface area contributed by atoms with Gasteiger partial charge in [0.2, 0.25) is 0 Å². The highest BCUT2D eigenvalue weighted by Gasteiger charge is 2.42. The highest BCUT2D eigenvalue weighted by atomic mass is 19.4. The summed E-state index contributed by atoms with van der Waals surface area (Å²) in [6.07, 6.45) is -11.2. The van der Waals surface area contributed by atoms with Crippen molar-refractivity contribution >= 4 is 17.9 Å². The summed E-state index contributed by atoms with van der Waals surface area (Å²) in [7, 11) is 3.79. The quantitative estimate of drug-likeness (QED) is 0.286. The van der Waals surface area contributed by atoms with Crippen LogP contribution >= 0.6 is 0 Å². The average Bonchev–Trinajstić information content (AvgIpc) is 2.92. The Morgan fingerprint density at radius 2 is 1.43 bits per heavy atom. The van der Waals surface area contributed by atoms with E-state index in [4.69, 9.17) is 18.9 Å². The van der Waals surface area contributed by atoms with Crippen LogP contribution in [0.15, 0.2) is 30.3 Å². The number of nitrogens with zero attached hydrogens (tertiary/aromatic N) is 2. The van der Waals surface area contributed by atoms with Crippen LogP contribution in [0, 0.1) is 5.41 Å². The zero-order valence-electron chi connectivity index (χ0n) is 25.5. The molecule has 0 saturated carbocycles. The summed E-state index contributed by atoms with van der Waals surface area (Å²) in [5.41, 5.74) is -2.97. The Bertz CT molecular complexity index is 1320. The van der Waals surface area contributed by atoms with E-state index in [1.54, 1.807) is 6.92 Å². The number of hydrogen-bond donors (Lipinski definition) is 0. The molecule has 0 N–H and O–H groups in total. The standard InChI is InChI=1S/C30H36F6N2O6/c1-17-10-22(37(26(39)43-7)16-18-11-19(29(31,32)33)13-20(12-18)30(34,35)36)21-14-24(41-5)25(42-6)15-23(21)38(17)27(40)44-9-8-28(2,3)4/h11-15,17,22H,8-10,16H2,1-7H3. The Labute approximate surface area is 251 Å². The van der Waals surface area contributed by atoms with E-state index in [0.29, 0.717) is 24.1 Å². The van der Waals surface area contributed by atoms with E-state index >= 15 is 0 Å². The van der Waals surface area contributed by atoms with E-state index in [0.717, 1.165) is 12.0 Å². The predicted molar refractivity (Wildman–Crippen MR) is 149 cm³/mol. The maximum absolute atomic E-state index is 13.6. The van der Waals surface area contributed by atoms with Crippen molar-refractivity contribution in [3.63, 3.8) is 0 Å². The van der Waals surface area contributed by atoms with Gasteiger partial charge in [0.05, 0.1) is 50.8 Å². The first-order chi connectivity index (χ1) is 20.3. The summed E-state index contributed by atoms with van der Waals surface area (Å²) in [6.45, 7) is 7.11. The molecule has 0 aliphatic carbocycles. The largest absolute Gasteiger partial charge is 0.493 e. The third-order valence-corrected chi connectivity index (χ3v) is 7.22. The molecule has 2 amide bonds. The normalized spacial score (nSPS) is 17.1. The second-order valence-electron chi connectivity index (χ2n) is 11.7. The third-order valence-electron chi connectivity index (χ3n) is 7.22. The summed E-state index contributed by atoms with van der Waals surface area (Å²) in [6, 6.07) is 2.55. The fraction of sp³-hybridized carbons (Fsp3) is 0.533. The van der Waals surface area contributed by atoms with Crippen molar-refractivity contribution in [3.05, 3.63) is 52.6 Å². The van der Waals surface area contributed by atoms with Crippen molar-refractivity contribution in [1.82, 2.24) is 4.90 Å². The Kier molecular flexibility index (Phi) is 10.3. The molecule has 0 aromatic heterocycles. The van der Waals surface area contributed by atoms with Gasteiger partial charge in [-0.1, -0.05) is 20.8 Å². The molecule has 2 atom stereocenters. The summed E-state index contributed by atoms with van der Waals surface area (Å²) in [4.78, 5) is 28.9. The molecule has 2 aromatic rings. The Hall–Kier alpha value is -3.84. The minimum absolute atomic E-state index is 0.0181. The second-order valence-corrected chi connectivity index (χ2v) is 11.7. The van der Waals surface area contributed by atoms with Crippen LogP contribution < -0.4 is 14.4 Å². The molecular formula is C30H36F6N2O6. The number of carbonyl (C=O) groups excluding carboxylic acids is 2. The fourth-order valence-corrected chi connectivity index (χ4v) is 4.97. The second kappa shape index (κ2) is 13.0. The van der Waals surface area contributed by atoms with Crippen LogP contribution in [0.5, 0.6) is 11.5 Å². The van der Waals surface area contributed by atoms with Crippen LogP contribution in [0.25, 0.3) is 0 Å². The number of carbonyl (C=O) groups is 2. The lowest BCUT2D eigenvalue weighted by Crippen LogP contribution is -2.47. The molecule has 1 aliphatic rings. The number of hydrogen-bond acceptors (Lipinski definition) is 6. The van der Waals surface area contributed by atoms with Crippen LogP contribution in [0.4, 0.5) is 41.6 Å². The van der Waals surface area contributed by atoms with E-state index in [-0.39, 0.29) is 41.7 Å². The maximum Gasteiger partial charge on any atom is 0.416 e. The monoisotopic (exact) mass is 634 g/mol. The molecule has 14 heteroatoms. The van der Waals surface area contributed by atoms with Crippen molar-refractivity contribution in [2.45, 2.75) is 71.5 Å². The van der Waals surface area contributed by atoms with Crippen molar-refractivity contribution < 1.29 is 54.9 Å². The van der Waals surface area contributed by atoms with Crippen molar-refractivity contribution in [3.8, 4) is 11.5 Å². The molecule has 2 aromatic carbocycles. The summed E-state index contributed by atoms with van der Waals surface area (Å²) >= 11 is 0. The number of ether oxygens (including phenoxy) is 4. The number of alkyl halides is 6. The molecule has 0 radical (unpaired) electrons. The Morgan fingerprint density at radius 1 is 0.886 bits per heavy atom. The summed E-state index contributed by atoms with van der Waals surface area (Å²) in [5.74, 6) is 0.457. The molecule has 0 bridgehead atoms. The first-order valence-electron chi connectivity index (χ1n) is 13.7. The van der Waals surface area contributed by atoms with Gasteiger partial charge in [-0.3, -0.25) is 9.80 Å². The lowest BCUT2D eigenvalue weighted by Gasteiger charge is -2.42. The lowest BCUT2D eigenvalue weighted by atomic mass is 9.90. The molecule has 3 rings (SSSR count). The number of benzene rings is 2. The minimum Gasteiger partial charge on any atom is -0.493 e. The smallest absolute Gasteiger partial charge is 0.416 e. The lowest BCUT2D eigenvalue weighted by molar-refractivity contribution is -0.143. The van der Waals surface area contributed by atoms with E-state index in [1.165, 1.54) is 31.3 Å². The molecule has 1 aliphatic heterocycles. The van der Waals surface area contributed by atoms with Crippen LogP contribution in [0.3, 0.4) is 0 Å². The molecule has 8 nitrogen and oxygen atoms in total. The number of amides is 2. The van der Waals surface area contributed by atoms with E-state index in [2.05, 4.69) is 0 Å². The van der Waals surface area contributed by atoms with Crippen LogP contribution in [-0.2, 0) is 28.4 Å². The highest BCUT2D eigenvalue weighted by Crippen LogP contribution is 2.47. The predicted octanol–water partition coefficient (Wildman–Crippen LogP) is 8.22. The first kappa shape index (κ1) is 34.6. The van der Waals surface area contributed by atoms with Gasteiger partial charge >= 0.3 is 24.5 Å². The Balaban J connectivity index is 2.14. The number of anilines is 1. The molecule has 44 heavy (non-hydrogen) atoms. The Morgan fingerprint density at radius 3 is 1.91 bits per heavy atom. The summed E-state index contributed by atoms with van der Waals surface area (Å²) in [5, 5.41) is 0. The number of fused-ring (bicyclic) bond motifs is 1. The van der Waals surface area contributed by atoms with Crippen LogP contribution in [0.1, 0.15) is 68.8 Å². The molecule has 244 valence electrons. The molecule has 0 spiro atoms. The van der Waals surface area contributed by atoms with Gasteiger partial charge in [0.15, 0.2) is 11.5 Å². The molecule has 2 unspecified atom stereocenters. The van der Waals surface area contributed by atoms with Gasteiger partial charge in [-0.15, -0.1) is 0 Å². The molecule has 0 saturated heterocycles. The third kappa shape index (κ3) is 8.00. The molecular weight excluding hydrogens is 598 g/mol. The summed E-state index contributed by atoms with van der Waals surface area (Å²) < 4.78 is 103. The van der Waals surface area contributed by atoms with Gasteiger partial charge < -0.3 is 18.9 Å². The molecule has 0 fully saturated rings. The first-order valence-corrected chi connectivity index (χ1v) is 13.7. The average molecular weight is 635 g/mol.